The quantitative estimate of drug-likeness (QED) is 0.690. The van der Waals surface area contributed by atoms with Crippen LogP contribution in [-0.4, -0.2) is 32.0 Å². The van der Waals surface area contributed by atoms with Gasteiger partial charge in [-0.05, 0) is 6.42 Å². The second kappa shape index (κ2) is 4.21. The maximum Gasteiger partial charge on any atom is 0.0872 e. The molecule has 3 nitrogen and oxygen atoms in total. The van der Waals surface area contributed by atoms with Gasteiger partial charge in [0.1, 0.15) is 0 Å². The van der Waals surface area contributed by atoms with Crippen molar-refractivity contribution in [3.63, 3.8) is 0 Å². The molecule has 12 heavy (non-hydrogen) atoms. The maximum absolute atomic E-state index is 6.01. The minimum atomic E-state index is -0.118. The van der Waals surface area contributed by atoms with Crippen molar-refractivity contribution in [3.05, 3.63) is 0 Å². The Morgan fingerprint density at radius 3 is 2.50 bits per heavy atom. The molecule has 0 bridgehead atoms. The Balaban J connectivity index is 2.59. The summed E-state index contributed by atoms with van der Waals surface area (Å²) in [6.07, 6.45) is 2.82. The average molecular weight is 173 g/mol. The highest BCUT2D eigenvalue weighted by molar-refractivity contribution is 4.92. The summed E-state index contributed by atoms with van der Waals surface area (Å²) >= 11 is 0. The van der Waals surface area contributed by atoms with Crippen LogP contribution in [0, 0.1) is 0 Å². The van der Waals surface area contributed by atoms with Gasteiger partial charge in [0, 0.05) is 39.2 Å². The predicted molar refractivity (Wildman–Crippen MR) is 48.1 cm³/mol. The molecule has 0 saturated carbocycles. The highest BCUT2D eigenvalue weighted by Gasteiger charge is 2.37. The van der Waals surface area contributed by atoms with E-state index in [1.54, 1.807) is 7.11 Å². The standard InChI is InChI=1S/C9H19NO2/c1-3-8(10)9(11-2)4-6-12-7-5-9/h8H,3-7,10H2,1-2H3. The second-order valence-electron chi connectivity index (χ2n) is 3.40. The maximum atomic E-state index is 6.01. The number of ether oxygens (including phenoxy) is 2. The molecule has 0 aromatic heterocycles. The third kappa shape index (κ3) is 1.79. The van der Waals surface area contributed by atoms with Gasteiger partial charge in [0.15, 0.2) is 0 Å². The molecule has 1 rings (SSSR count). The molecule has 1 unspecified atom stereocenters. The smallest absolute Gasteiger partial charge is 0.0872 e. The number of nitrogens with two attached hydrogens (primary N) is 1. The Morgan fingerprint density at radius 2 is 2.08 bits per heavy atom. The molecule has 1 heterocycles. The van der Waals surface area contributed by atoms with Crippen molar-refractivity contribution >= 4 is 0 Å². The number of methoxy groups -OCH3 is 1. The van der Waals surface area contributed by atoms with Crippen LogP contribution in [0.3, 0.4) is 0 Å². The van der Waals surface area contributed by atoms with E-state index in [4.69, 9.17) is 15.2 Å². The molecular formula is C9H19NO2. The molecule has 1 saturated heterocycles. The van der Waals surface area contributed by atoms with Gasteiger partial charge in [-0.25, -0.2) is 0 Å². The zero-order chi connectivity index (χ0) is 9.03. The molecule has 0 aliphatic carbocycles. The van der Waals surface area contributed by atoms with Crippen molar-refractivity contribution in [2.24, 2.45) is 5.73 Å². The number of rotatable bonds is 3. The van der Waals surface area contributed by atoms with Crippen molar-refractivity contribution in [2.75, 3.05) is 20.3 Å². The zero-order valence-electron chi connectivity index (χ0n) is 8.01. The van der Waals surface area contributed by atoms with E-state index < -0.39 is 0 Å². The Bertz CT molecular complexity index is 132. The summed E-state index contributed by atoms with van der Waals surface area (Å²) in [5.41, 5.74) is 5.89. The molecule has 72 valence electrons. The van der Waals surface area contributed by atoms with Gasteiger partial charge in [-0.1, -0.05) is 6.92 Å². The first-order chi connectivity index (χ1) is 5.75. The van der Waals surface area contributed by atoms with Crippen molar-refractivity contribution < 1.29 is 9.47 Å². The monoisotopic (exact) mass is 173 g/mol. The summed E-state index contributed by atoms with van der Waals surface area (Å²) in [5.74, 6) is 0. The Kier molecular flexibility index (Phi) is 3.50. The summed E-state index contributed by atoms with van der Waals surface area (Å²) in [7, 11) is 1.75. The SMILES string of the molecule is CCC(N)C1(OC)CCOCC1. The summed E-state index contributed by atoms with van der Waals surface area (Å²) in [4.78, 5) is 0. The molecular weight excluding hydrogens is 154 g/mol. The second-order valence-corrected chi connectivity index (χ2v) is 3.40. The van der Waals surface area contributed by atoms with Crippen LogP contribution in [0.2, 0.25) is 0 Å². The summed E-state index contributed by atoms with van der Waals surface area (Å²) in [6.45, 7) is 3.66. The molecule has 0 aromatic rings. The van der Waals surface area contributed by atoms with E-state index in [-0.39, 0.29) is 11.6 Å². The van der Waals surface area contributed by atoms with Gasteiger partial charge in [-0.3, -0.25) is 0 Å². The summed E-state index contributed by atoms with van der Waals surface area (Å²) in [6, 6.07) is 0.145. The van der Waals surface area contributed by atoms with Crippen molar-refractivity contribution in [2.45, 2.75) is 37.8 Å². The first-order valence-corrected chi connectivity index (χ1v) is 4.63. The van der Waals surface area contributed by atoms with E-state index in [0.717, 1.165) is 32.5 Å². The van der Waals surface area contributed by atoms with E-state index in [1.165, 1.54) is 0 Å². The predicted octanol–water partition coefficient (Wildman–Crippen LogP) is 0.919. The van der Waals surface area contributed by atoms with E-state index in [1.807, 2.05) is 0 Å². The van der Waals surface area contributed by atoms with Crippen molar-refractivity contribution in [1.82, 2.24) is 0 Å². The number of hydrogen-bond donors (Lipinski definition) is 1. The first kappa shape index (κ1) is 9.96. The molecule has 0 radical (unpaired) electrons. The van der Waals surface area contributed by atoms with E-state index >= 15 is 0 Å². The van der Waals surface area contributed by atoms with Gasteiger partial charge >= 0.3 is 0 Å². The Hall–Kier alpha value is -0.120. The van der Waals surface area contributed by atoms with Crippen LogP contribution >= 0.6 is 0 Å². The van der Waals surface area contributed by atoms with Crippen molar-refractivity contribution in [3.8, 4) is 0 Å². The lowest BCUT2D eigenvalue weighted by molar-refractivity contribution is -0.104. The molecule has 1 aliphatic rings. The van der Waals surface area contributed by atoms with E-state index in [2.05, 4.69) is 6.92 Å². The lowest BCUT2D eigenvalue weighted by atomic mass is 9.85. The zero-order valence-corrected chi connectivity index (χ0v) is 8.01. The summed E-state index contributed by atoms with van der Waals surface area (Å²) < 4.78 is 10.8. The van der Waals surface area contributed by atoms with Gasteiger partial charge in [0.25, 0.3) is 0 Å². The molecule has 0 aromatic carbocycles. The fourth-order valence-electron chi connectivity index (χ4n) is 1.82. The normalized spacial score (nSPS) is 25.2. The van der Waals surface area contributed by atoms with Crippen LogP contribution in [0.1, 0.15) is 26.2 Å². The Morgan fingerprint density at radius 1 is 1.50 bits per heavy atom. The van der Waals surface area contributed by atoms with Gasteiger partial charge < -0.3 is 15.2 Å². The average Bonchev–Trinajstić information content (AvgIpc) is 2.17. The van der Waals surface area contributed by atoms with Gasteiger partial charge in [-0.15, -0.1) is 0 Å². The molecule has 3 heteroatoms. The minimum Gasteiger partial charge on any atom is -0.381 e. The van der Waals surface area contributed by atoms with Crippen LogP contribution in [0.15, 0.2) is 0 Å². The third-order valence-electron chi connectivity index (χ3n) is 2.86. The fraction of sp³-hybridized carbons (Fsp3) is 1.00. The van der Waals surface area contributed by atoms with E-state index in [0.29, 0.717) is 0 Å². The van der Waals surface area contributed by atoms with Crippen LogP contribution in [0.4, 0.5) is 0 Å². The largest absolute Gasteiger partial charge is 0.381 e. The Labute approximate surface area is 74.2 Å². The van der Waals surface area contributed by atoms with E-state index in [9.17, 15) is 0 Å². The third-order valence-corrected chi connectivity index (χ3v) is 2.86. The van der Waals surface area contributed by atoms with Crippen LogP contribution in [0.5, 0.6) is 0 Å². The van der Waals surface area contributed by atoms with Crippen LogP contribution in [-0.2, 0) is 9.47 Å². The van der Waals surface area contributed by atoms with Crippen LogP contribution < -0.4 is 5.73 Å². The van der Waals surface area contributed by atoms with Crippen LogP contribution in [0.25, 0.3) is 0 Å². The van der Waals surface area contributed by atoms with Gasteiger partial charge in [-0.2, -0.15) is 0 Å². The van der Waals surface area contributed by atoms with Gasteiger partial charge in [0.05, 0.1) is 5.60 Å². The van der Waals surface area contributed by atoms with Crippen molar-refractivity contribution in [1.29, 1.82) is 0 Å². The highest BCUT2D eigenvalue weighted by Crippen LogP contribution is 2.28. The molecule has 0 amide bonds. The molecule has 2 N–H and O–H groups in total. The topological polar surface area (TPSA) is 44.5 Å². The molecule has 1 atom stereocenters. The first-order valence-electron chi connectivity index (χ1n) is 4.63. The lowest BCUT2D eigenvalue weighted by Gasteiger charge is -2.40. The fourth-order valence-corrected chi connectivity index (χ4v) is 1.82. The van der Waals surface area contributed by atoms with Gasteiger partial charge in [0.2, 0.25) is 0 Å². The minimum absolute atomic E-state index is 0.118. The lowest BCUT2D eigenvalue weighted by Crippen LogP contribution is -2.52. The molecule has 1 fully saturated rings. The summed E-state index contributed by atoms with van der Waals surface area (Å²) in [5, 5.41) is 0. The number of hydrogen-bond acceptors (Lipinski definition) is 3. The molecule has 0 spiro atoms. The molecule has 1 aliphatic heterocycles. The highest BCUT2D eigenvalue weighted by atomic mass is 16.5.